The third-order valence-corrected chi connectivity index (χ3v) is 3.64. The summed E-state index contributed by atoms with van der Waals surface area (Å²) in [6, 6.07) is 17.8. The Morgan fingerprint density at radius 2 is 1.73 bits per heavy atom. The molecule has 0 amide bonds. The van der Waals surface area contributed by atoms with Crippen molar-refractivity contribution in [2.75, 3.05) is 13.2 Å². The largest absolute Gasteiger partial charge is 0.486 e. The highest BCUT2D eigenvalue weighted by atomic mass is 32.1. The molecule has 0 saturated carbocycles. The van der Waals surface area contributed by atoms with Gasteiger partial charge in [0.2, 0.25) is 0 Å². The Labute approximate surface area is 135 Å². The summed E-state index contributed by atoms with van der Waals surface area (Å²) in [6.07, 6.45) is -0.0497. The molecule has 3 rings (SSSR count). The van der Waals surface area contributed by atoms with Crippen LogP contribution in [-0.4, -0.2) is 24.4 Å². The molecule has 0 saturated heterocycles. The molecule has 2 N–H and O–H groups in total. The highest BCUT2D eigenvalue weighted by Gasteiger charge is 2.20. The van der Waals surface area contributed by atoms with E-state index in [1.807, 2.05) is 42.5 Å². The van der Waals surface area contributed by atoms with E-state index in [9.17, 15) is 0 Å². The van der Waals surface area contributed by atoms with Gasteiger partial charge in [-0.2, -0.15) is 0 Å². The van der Waals surface area contributed by atoms with Gasteiger partial charge in [-0.05, 0) is 29.9 Å². The minimum absolute atomic E-state index is 0.0497. The number of nitrogens with one attached hydrogen (secondary N) is 2. The standard InChI is InChI=1S/C17H18N2O2S/c22-17(18-10-13-6-2-1-3-7-13)19-11-14-12-20-15-8-4-5-9-16(15)21-14/h1-9,14H,10-12H2,(H2,18,19,22)/t14-/m0/s1. The summed E-state index contributed by atoms with van der Waals surface area (Å²) in [6.45, 7) is 1.83. The van der Waals surface area contributed by atoms with Gasteiger partial charge >= 0.3 is 0 Å². The Bertz CT molecular complexity index is 634. The van der Waals surface area contributed by atoms with Gasteiger partial charge in [0.1, 0.15) is 12.7 Å². The zero-order valence-electron chi connectivity index (χ0n) is 12.1. The molecule has 1 aliphatic rings. The van der Waals surface area contributed by atoms with Gasteiger partial charge in [-0.25, -0.2) is 0 Å². The van der Waals surface area contributed by atoms with Crippen molar-refractivity contribution in [3.63, 3.8) is 0 Å². The molecule has 1 atom stereocenters. The zero-order chi connectivity index (χ0) is 15.2. The Morgan fingerprint density at radius 3 is 2.55 bits per heavy atom. The maximum atomic E-state index is 5.87. The lowest BCUT2D eigenvalue weighted by atomic mass is 10.2. The predicted molar refractivity (Wildman–Crippen MR) is 90.2 cm³/mol. The SMILES string of the molecule is S=C(NCc1ccccc1)NC[C@H]1COc2ccccc2O1. The van der Waals surface area contributed by atoms with Crippen LogP contribution in [0.15, 0.2) is 54.6 Å². The Morgan fingerprint density at radius 1 is 1.00 bits per heavy atom. The van der Waals surface area contributed by atoms with Crippen molar-refractivity contribution < 1.29 is 9.47 Å². The van der Waals surface area contributed by atoms with Crippen LogP contribution >= 0.6 is 12.2 Å². The summed E-state index contributed by atoms with van der Waals surface area (Å²) >= 11 is 5.28. The van der Waals surface area contributed by atoms with E-state index in [2.05, 4.69) is 22.8 Å². The van der Waals surface area contributed by atoms with Crippen molar-refractivity contribution in [2.45, 2.75) is 12.6 Å². The highest BCUT2D eigenvalue weighted by molar-refractivity contribution is 7.80. The van der Waals surface area contributed by atoms with Crippen molar-refractivity contribution in [3.8, 4) is 11.5 Å². The molecule has 2 aromatic carbocycles. The fraction of sp³-hybridized carbons (Fsp3) is 0.235. The molecule has 0 bridgehead atoms. The van der Waals surface area contributed by atoms with Crippen LogP contribution in [0.1, 0.15) is 5.56 Å². The highest BCUT2D eigenvalue weighted by Crippen LogP contribution is 2.30. The second-order valence-corrected chi connectivity index (χ2v) is 5.46. The van der Waals surface area contributed by atoms with Crippen LogP contribution in [0.4, 0.5) is 0 Å². The lowest BCUT2D eigenvalue weighted by Gasteiger charge is -2.27. The maximum absolute atomic E-state index is 5.87. The molecule has 1 aliphatic heterocycles. The Hall–Kier alpha value is -2.27. The number of benzene rings is 2. The number of hydrogen-bond donors (Lipinski definition) is 2. The quantitative estimate of drug-likeness (QED) is 0.849. The van der Waals surface area contributed by atoms with Gasteiger partial charge in [-0.15, -0.1) is 0 Å². The Kier molecular flexibility index (Phi) is 4.75. The van der Waals surface area contributed by atoms with Crippen LogP contribution in [0.2, 0.25) is 0 Å². The molecule has 0 fully saturated rings. The van der Waals surface area contributed by atoms with Crippen molar-refractivity contribution in [3.05, 3.63) is 60.2 Å². The lowest BCUT2D eigenvalue weighted by molar-refractivity contribution is 0.0937. The van der Waals surface area contributed by atoms with Gasteiger partial charge in [0.15, 0.2) is 16.6 Å². The monoisotopic (exact) mass is 314 g/mol. The zero-order valence-corrected chi connectivity index (χ0v) is 12.9. The molecule has 2 aromatic rings. The first kappa shape index (κ1) is 14.7. The number of rotatable bonds is 4. The minimum atomic E-state index is -0.0497. The van der Waals surface area contributed by atoms with Crippen LogP contribution in [-0.2, 0) is 6.54 Å². The third-order valence-electron chi connectivity index (χ3n) is 3.35. The van der Waals surface area contributed by atoms with E-state index in [0.717, 1.165) is 11.5 Å². The second-order valence-electron chi connectivity index (χ2n) is 5.05. The summed E-state index contributed by atoms with van der Waals surface area (Å²) in [7, 11) is 0. The number of para-hydroxylation sites is 2. The fourth-order valence-corrected chi connectivity index (χ4v) is 2.37. The third kappa shape index (κ3) is 3.89. The van der Waals surface area contributed by atoms with Crippen molar-refractivity contribution in [1.29, 1.82) is 0 Å². The summed E-state index contributed by atoms with van der Waals surface area (Å²) in [4.78, 5) is 0. The van der Waals surface area contributed by atoms with Crippen LogP contribution in [0.5, 0.6) is 11.5 Å². The predicted octanol–water partition coefficient (Wildman–Crippen LogP) is 2.49. The average molecular weight is 314 g/mol. The van der Waals surface area contributed by atoms with Crippen molar-refractivity contribution >= 4 is 17.3 Å². The van der Waals surface area contributed by atoms with Crippen molar-refractivity contribution in [2.24, 2.45) is 0 Å². The van der Waals surface area contributed by atoms with Gasteiger partial charge in [0.05, 0.1) is 6.54 Å². The van der Waals surface area contributed by atoms with Gasteiger partial charge < -0.3 is 20.1 Å². The first-order valence-corrected chi connectivity index (χ1v) is 7.66. The molecular weight excluding hydrogens is 296 g/mol. The number of fused-ring (bicyclic) bond motifs is 1. The molecule has 5 heteroatoms. The average Bonchev–Trinajstić information content (AvgIpc) is 2.59. The smallest absolute Gasteiger partial charge is 0.166 e. The van der Waals surface area contributed by atoms with Gasteiger partial charge in [-0.3, -0.25) is 0 Å². The fourth-order valence-electron chi connectivity index (χ4n) is 2.21. The van der Waals surface area contributed by atoms with Crippen LogP contribution < -0.4 is 20.1 Å². The molecule has 0 radical (unpaired) electrons. The molecular formula is C17H18N2O2S. The van der Waals surface area contributed by atoms with Crippen LogP contribution in [0, 0.1) is 0 Å². The van der Waals surface area contributed by atoms with E-state index in [1.165, 1.54) is 5.56 Å². The maximum Gasteiger partial charge on any atom is 0.166 e. The molecule has 4 nitrogen and oxygen atoms in total. The van der Waals surface area contributed by atoms with Crippen LogP contribution in [0.3, 0.4) is 0 Å². The number of ether oxygens (including phenoxy) is 2. The molecule has 22 heavy (non-hydrogen) atoms. The Balaban J connectivity index is 1.42. The summed E-state index contributed by atoms with van der Waals surface area (Å²) in [5.41, 5.74) is 1.19. The van der Waals surface area contributed by atoms with E-state index in [1.54, 1.807) is 0 Å². The summed E-state index contributed by atoms with van der Waals surface area (Å²) < 4.78 is 11.5. The van der Waals surface area contributed by atoms with Gasteiger partial charge in [-0.1, -0.05) is 42.5 Å². The first-order chi connectivity index (χ1) is 10.8. The van der Waals surface area contributed by atoms with E-state index >= 15 is 0 Å². The number of thiocarbonyl (C=S) groups is 1. The molecule has 0 aliphatic carbocycles. The molecule has 1 heterocycles. The van der Waals surface area contributed by atoms with Crippen LogP contribution in [0.25, 0.3) is 0 Å². The summed E-state index contributed by atoms with van der Waals surface area (Å²) in [5, 5.41) is 6.97. The number of hydrogen-bond acceptors (Lipinski definition) is 3. The van der Waals surface area contributed by atoms with E-state index in [0.29, 0.717) is 24.8 Å². The first-order valence-electron chi connectivity index (χ1n) is 7.25. The molecule has 0 spiro atoms. The molecule has 0 unspecified atom stereocenters. The van der Waals surface area contributed by atoms with Crippen molar-refractivity contribution in [1.82, 2.24) is 10.6 Å². The van der Waals surface area contributed by atoms with E-state index in [-0.39, 0.29) is 6.10 Å². The molecule has 114 valence electrons. The minimum Gasteiger partial charge on any atom is -0.486 e. The van der Waals surface area contributed by atoms with Gasteiger partial charge in [0, 0.05) is 6.54 Å². The normalized spacial score (nSPS) is 15.9. The van der Waals surface area contributed by atoms with Gasteiger partial charge in [0.25, 0.3) is 0 Å². The topological polar surface area (TPSA) is 42.5 Å². The van der Waals surface area contributed by atoms with E-state index < -0.39 is 0 Å². The lowest BCUT2D eigenvalue weighted by Crippen LogP contribution is -2.44. The molecule has 0 aromatic heterocycles. The summed E-state index contributed by atoms with van der Waals surface area (Å²) in [5.74, 6) is 1.58. The van der Waals surface area contributed by atoms with E-state index in [4.69, 9.17) is 21.7 Å². The second kappa shape index (κ2) is 7.13.